The number of benzene rings is 1. The van der Waals surface area contributed by atoms with E-state index in [1.54, 1.807) is 18.2 Å². The molecule has 15 heavy (non-hydrogen) atoms. The van der Waals surface area contributed by atoms with Gasteiger partial charge in [-0.1, -0.05) is 11.6 Å². The molecule has 0 amide bonds. The Balaban J connectivity index is 2.81. The molecule has 1 rings (SSSR count). The average Bonchev–Trinajstić information content (AvgIpc) is 2.21. The monoisotopic (exact) mass is 224 g/mol. The van der Waals surface area contributed by atoms with Crippen LogP contribution in [-0.4, -0.2) is 17.8 Å². The lowest BCUT2D eigenvalue weighted by Crippen LogP contribution is -2.17. The second kappa shape index (κ2) is 5.59. The average molecular weight is 225 g/mol. The molecule has 1 aromatic rings. The van der Waals surface area contributed by atoms with Crippen molar-refractivity contribution in [1.29, 1.82) is 5.26 Å². The minimum Gasteiger partial charge on any atom is -0.396 e. The molecule has 0 saturated carbocycles. The van der Waals surface area contributed by atoms with Crippen LogP contribution in [0.1, 0.15) is 18.9 Å². The van der Waals surface area contributed by atoms with Crippen molar-refractivity contribution in [2.24, 2.45) is 0 Å². The highest BCUT2D eigenvalue weighted by molar-refractivity contribution is 6.30. The van der Waals surface area contributed by atoms with Gasteiger partial charge in [0.05, 0.1) is 11.3 Å². The number of nitrogens with one attached hydrogen (secondary N) is 1. The molecule has 0 unspecified atom stereocenters. The lowest BCUT2D eigenvalue weighted by molar-refractivity contribution is 0.282. The fourth-order valence-electron chi connectivity index (χ4n) is 1.27. The molecule has 80 valence electrons. The normalized spacial score (nSPS) is 11.9. The third-order valence-corrected chi connectivity index (χ3v) is 2.30. The largest absolute Gasteiger partial charge is 0.396 e. The lowest BCUT2D eigenvalue weighted by atomic mass is 10.1. The molecule has 0 radical (unpaired) electrons. The highest BCUT2D eigenvalue weighted by atomic mass is 35.5. The van der Waals surface area contributed by atoms with Gasteiger partial charge in [0.15, 0.2) is 0 Å². The smallest absolute Gasteiger partial charge is 0.101 e. The Hall–Kier alpha value is -1.24. The third-order valence-electron chi connectivity index (χ3n) is 2.07. The summed E-state index contributed by atoms with van der Waals surface area (Å²) in [5.74, 6) is 0. The Morgan fingerprint density at radius 2 is 2.33 bits per heavy atom. The van der Waals surface area contributed by atoms with Crippen LogP contribution < -0.4 is 5.32 Å². The van der Waals surface area contributed by atoms with Crippen LogP contribution in [0.25, 0.3) is 0 Å². The van der Waals surface area contributed by atoms with Crippen LogP contribution in [0.3, 0.4) is 0 Å². The topological polar surface area (TPSA) is 56.0 Å². The fraction of sp³-hybridized carbons (Fsp3) is 0.364. The van der Waals surface area contributed by atoms with Gasteiger partial charge in [-0.25, -0.2) is 0 Å². The van der Waals surface area contributed by atoms with Crippen molar-refractivity contribution < 1.29 is 5.11 Å². The fourth-order valence-corrected chi connectivity index (χ4v) is 1.44. The Kier molecular flexibility index (Phi) is 4.41. The molecule has 0 heterocycles. The van der Waals surface area contributed by atoms with Crippen molar-refractivity contribution in [3.8, 4) is 6.07 Å². The molecule has 0 saturated heterocycles. The third kappa shape index (κ3) is 3.43. The summed E-state index contributed by atoms with van der Waals surface area (Å²) in [6.45, 7) is 2.08. The van der Waals surface area contributed by atoms with Gasteiger partial charge in [-0.05, 0) is 31.5 Å². The number of hydrogen-bond donors (Lipinski definition) is 2. The predicted molar refractivity (Wildman–Crippen MR) is 61.0 cm³/mol. The molecule has 4 heteroatoms. The maximum atomic E-state index is 8.89. The van der Waals surface area contributed by atoms with Gasteiger partial charge in [-0.2, -0.15) is 5.26 Å². The van der Waals surface area contributed by atoms with Gasteiger partial charge in [0, 0.05) is 17.7 Å². The number of aliphatic hydroxyl groups excluding tert-OH is 1. The Labute approximate surface area is 94.3 Å². The highest BCUT2D eigenvalue weighted by Crippen LogP contribution is 2.20. The van der Waals surface area contributed by atoms with Crippen LogP contribution in [0.15, 0.2) is 18.2 Å². The minimum atomic E-state index is 0.128. The maximum Gasteiger partial charge on any atom is 0.101 e. The van der Waals surface area contributed by atoms with Crippen LogP contribution in [0.5, 0.6) is 0 Å². The SMILES string of the molecule is C[C@@H](CCO)Nc1ccc(Cl)cc1C#N. The van der Waals surface area contributed by atoms with E-state index >= 15 is 0 Å². The second-order valence-corrected chi connectivity index (χ2v) is 3.80. The molecule has 0 aliphatic rings. The highest BCUT2D eigenvalue weighted by Gasteiger charge is 2.06. The van der Waals surface area contributed by atoms with Crippen molar-refractivity contribution >= 4 is 17.3 Å². The standard InChI is InChI=1S/C11H13ClN2O/c1-8(4-5-15)14-11-3-2-10(12)6-9(11)7-13/h2-3,6,8,14-15H,4-5H2,1H3/t8-/m0/s1. The summed E-state index contributed by atoms with van der Waals surface area (Å²) in [6, 6.07) is 7.33. The molecule has 2 N–H and O–H groups in total. The quantitative estimate of drug-likeness (QED) is 0.826. The van der Waals surface area contributed by atoms with E-state index in [0.29, 0.717) is 17.0 Å². The first-order chi connectivity index (χ1) is 7.17. The molecule has 0 fully saturated rings. The van der Waals surface area contributed by atoms with Crippen molar-refractivity contribution in [2.45, 2.75) is 19.4 Å². The van der Waals surface area contributed by atoms with Crippen molar-refractivity contribution in [3.63, 3.8) is 0 Å². The summed E-state index contributed by atoms with van der Waals surface area (Å²) in [7, 11) is 0. The molecule has 0 aromatic heterocycles. The number of nitrogens with zero attached hydrogens (tertiary/aromatic N) is 1. The van der Waals surface area contributed by atoms with Gasteiger partial charge >= 0.3 is 0 Å². The zero-order valence-electron chi connectivity index (χ0n) is 8.50. The molecule has 0 bridgehead atoms. The Morgan fingerprint density at radius 3 is 2.93 bits per heavy atom. The zero-order valence-corrected chi connectivity index (χ0v) is 9.25. The molecule has 1 aromatic carbocycles. The van der Waals surface area contributed by atoms with Gasteiger partial charge in [0.1, 0.15) is 6.07 Å². The lowest BCUT2D eigenvalue weighted by Gasteiger charge is -2.14. The van der Waals surface area contributed by atoms with Gasteiger partial charge in [0.2, 0.25) is 0 Å². The molecule has 3 nitrogen and oxygen atoms in total. The van der Waals surface area contributed by atoms with Gasteiger partial charge in [0.25, 0.3) is 0 Å². The molecule has 0 spiro atoms. The van der Waals surface area contributed by atoms with E-state index in [0.717, 1.165) is 5.69 Å². The first-order valence-corrected chi connectivity index (χ1v) is 5.12. The number of halogens is 1. The van der Waals surface area contributed by atoms with Crippen LogP contribution in [0.4, 0.5) is 5.69 Å². The van der Waals surface area contributed by atoms with Gasteiger partial charge in [-0.3, -0.25) is 0 Å². The van der Waals surface area contributed by atoms with Crippen molar-refractivity contribution in [2.75, 3.05) is 11.9 Å². The predicted octanol–water partition coefficient (Wildman–Crippen LogP) is 2.39. The zero-order chi connectivity index (χ0) is 11.3. The maximum absolute atomic E-state index is 8.89. The summed E-state index contributed by atoms with van der Waals surface area (Å²) in [5, 5.41) is 21.3. The molecular weight excluding hydrogens is 212 g/mol. The summed E-state index contributed by atoms with van der Waals surface area (Å²) in [6.07, 6.45) is 0.646. The Bertz CT molecular complexity index is 373. The van der Waals surface area contributed by atoms with Crippen LogP contribution in [0, 0.1) is 11.3 Å². The van der Waals surface area contributed by atoms with Gasteiger partial charge in [-0.15, -0.1) is 0 Å². The second-order valence-electron chi connectivity index (χ2n) is 3.36. The molecule has 0 aliphatic heterocycles. The number of anilines is 1. The van der Waals surface area contributed by atoms with E-state index in [2.05, 4.69) is 11.4 Å². The number of rotatable bonds is 4. The van der Waals surface area contributed by atoms with Crippen LogP contribution in [0.2, 0.25) is 5.02 Å². The molecular formula is C11H13ClN2O. The summed E-state index contributed by atoms with van der Waals surface area (Å²) < 4.78 is 0. The first kappa shape index (κ1) is 11.8. The van der Waals surface area contributed by atoms with E-state index < -0.39 is 0 Å². The van der Waals surface area contributed by atoms with Crippen LogP contribution >= 0.6 is 11.6 Å². The summed E-state index contributed by atoms with van der Waals surface area (Å²) in [5.41, 5.74) is 1.27. The van der Waals surface area contributed by atoms with E-state index in [4.69, 9.17) is 22.0 Å². The van der Waals surface area contributed by atoms with Crippen molar-refractivity contribution in [3.05, 3.63) is 28.8 Å². The van der Waals surface area contributed by atoms with Crippen LogP contribution in [-0.2, 0) is 0 Å². The number of nitriles is 1. The van der Waals surface area contributed by atoms with E-state index in [9.17, 15) is 0 Å². The molecule has 1 atom stereocenters. The summed E-state index contributed by atoms with van der Waals surface area (Å²) in [4.78, 5) is 0. The first-order valence-electron chi connectivity index (χ1n) is 4.74. The van der Waals surface area contributed by atoms with E-state index in [-0.39, 0.29) is 12.6 Å². The van der Waals surface area contributed by atoms with Crippen molar-refractivity contribution in [1.82, 2.24) is 0 Å². The number of aliphatic hydroxyl groups is 1. The van der Waals surface area contributed by atoms with Gasteiger partial charge < -0.3 is 10.4 Å². The number of hydrogen-bond acceptors (Lipinski definition) is 3. The minimum absolute atomic E-state index is 0.128. The van der Waals surface area contributed by atoms with E-state index in [1.807, 2.05) is 6.92 Å². The Morgan fingerprint density at radius 1 is 1.60 bits per heavy atom. The van der Waals surface area contributed by atoms with E-state index in [1.165, 1.54) is 0 Å². The summed E-state index contributed by atoms with van der Waals surface area (Å²) >= 11 is 5.77. The molecule has 0 aliphatic carbocycles.